The van der Waals surface area contributed by atoms with Crippen LogP contribution in [0.4, 0.5) is 14.9 Å². The smallest absolute Gasteiger partial charge is 0.408 e. The molecule has 1 aliphatic heterocycles. The second-order valence-electron chi connectivity index (χ2n) is 8.28. The highest BCUT2D eigenvalue weighted by molar-refractivity contribution is 5.95. The number of nitrogens with one attached hydrogen (secondary N) is 1. The number of amides is 2. The molecule has 0 aliphatic carbocycles. The first kappa shape index (κ1) is 20.7. The number of carbonyl (C=O) groups is 2. The monoisotopic (exact) mass is 426 g/mol. The summed E-state index contributed by atoms with van der Waals surface area (Å²) in [6.45, 7) is 5.91. The van der Waals surface area contributed by atoms with Gasteiger partial charge in [-0.2, -0.15) is 9.61 Å². The largest absolute Gasteiger partial charge is 0.444 e. The van der Waals surface area contributed by atoms with Gasteiger partial charge < -0.3 is 15.0 Å². The third kappa shape index (κ3) is 4.47. The molecule has 1 aliphatic rings. The highest BCUT2D eigenvalue weighted by Crippen LogP contribution is 2.28. The summed E-state index contributed by atoms with van der Waals surface area (Å²) < 4.78 is 21.4. The number of alkyl carbamates (subject to hydrolysis) is 1. The molecule has 2 amide bonds. The van der Waals surface area contributed by atoms with E-state index in [1.54, 1.807) is 45.0 Å². The van der Waals surface area contributed by atoms with Crippen molar-refractivity contribution in [2.24, 2.45) is 0 Å². The van der Waals surface area contributed by atoms with Gasteiger partial charge in [0.1, 0.15) is 11.4 Å². The zero-order valence-electron chi connectivity index (χ0n) is 17.6. The molecule has 1 saturated heterocycles. The third-order valence-electron chi connectivity index (χ3n) is 4.72. The maximum Gasteiger partial charge on any atom is 0.408 e. The lowest BCUT2D eigenvalue weighted by Crippen LogP contribution is -2.32. The van der Waals surface area contributed by atoms with Crippen molar-refractivity contribution >= 4 is 23.3 Å². The first-order valence-corrected chi connectivity index (χ1v) is 10.00. The maximum absolute atomic E-state index is 14.7. The molecule has 0 unspecified atom stereocenters. The van der Waals surface area contributed by atoms with Gasteiger partial charge in [0.15, 0.2) is 11.5 Å². The molecule has 0 saturated carbocycles. The molecule has 31 heavy (non-hydrogen) atoms. The highest BCUT2D eigenvalue weighted by Gasteiger charge is 2.24. The molecule has 1 fully saturated rings. The Hall–Kier alpha value is -3.56. The Morgan fingerprint density at radius 3 is 2.71 bits per heavy atom. The van der Waals surface area contributed by atoms with Gasteiger partial charge in [-0.05, 0) is 51.5 Å². The molecule has 162 valence electrons. The average Bonchev–Trinajstić information content (AvgIpc) is 3.30. The zero-order chi connectivity index (χ0) is 22.2. The van der Waals surface area contributed by atoms with Crippen LogP contribution in [0.2, 0.25) is 0 Å². The number of anilines is 1. The van der Waals surface area contributed by atoms with Gasteiger partial charge in [-0.3, -0.25) is 4.79 Å². The Labute approximate surface area is 178 Å². The molecular formula is C21H23FN6O3. The minimum atomic E-state index is -0.613. The molecule has 1 N–H and O–H groups in total. The molecule has 0 spiro atoms. The topological polar surface area (TPSA) is 102 Å². The SMILES string of the molecule is CC(C)(C)OC(=O)NCc1nnc2ccc(-c3ccc(N4CCCC4=O)c(F)c3)nn12. The van der Waals surface area contributed by atoms with E-state index in [1.807, 2.05) is 0 Å². The normalized spacial score (nSPS) is 14.3. The Kier molecular flexibility index (Phi) is 5.30. The average molecular weight is 426 g/mol. The molecule has 3 aromatic rings. The fourth-order valence-corrected chi connectivity index (χ4v) is 3.35. The third-order valence-corrected chi connectivity index (χ3v) is 4.72. The lowest BCUT2D eigenvalue weighted by atomic mass is 10.1. The fraction of sp³-hybridized carbons (Fsp3) is 0.381. The number of ether oxygens (including phenoxy) is 1. The number of rotatable bonds is 4. The molecule has 2 aromatic heterocycles. The van der Waals surface area contributed by atoms with Gasteiger partial charge in [0, 0.05) is 18.5 Å². The van der Waals surface area contributed by atoms with Crippen molar-refractivity contribution in [1.29, 1.82) is 0 Å². The van der Waals surface area contributed by atoms with Crippen molar-refractivity contribution in [1.82, 2.24) is 25.1 Å². The van der Waals surface area contributed by atoms with Crippen LogP contribution in [0.5, 0.6) is 0 Å². The van der Waals surface area contributed by atoms with E-state index in [1.165, 1.54) is 15.5 Å². The van der Waals surface area contributed by atoms with E-state index in [-0.39, 0.29) is 18.1 Å². The van der Waals surface area contributed by atoms with Crippen LogP contribution in [0, 0.1) is 5.82 Å². The van der Waals surface area contributed by atoms with Crippen molar-refractivity contribution in [3.05, 3.63) is 42.0 Å². The first-order valence-electron chi connectivity index (χ1n) is 10.00. The number of hydrogen-bond donors (Lipinski definition) is 1. The summed E-state index contributed by atoms with van der Waals surface area (Å²) >= 11 is 0. The van der Waals surface area contributed by atoms with Gasteiger partial charge in [0.25, 0.3) is 0 Å². The van der Waals surface area contributed by atoms with Crippen LogP contribution in [-0.2, 0) is 16.1 Å². The van der Waals surface area contributed by atoms with Crippen molar-refractivity contribution in [2.75, 3.05) is 11.4 Å². The molecule has 4 rings (SSSR count). The van der Waals surface area contributed by atoms with Crippen molar-refractivity contribution in [3.8, 4) is 11.3 Å². The van der Waals surface area contributed by atoms with Gasteiger partial charge in [-0.1, -0.05) is 6.07 Å². The van der Waals surface area contributed by atoms with E-state index >= 15 is 0 Å². The van der Waals surface area contributed by atoms with Crippen LogP contribution in [-0.4, -0.2) is 44.0 Å². The van der Waals surface area contributed by atoms with Crippen LogP contribution in [0.15, 0.2) is 30.3 Å². The number of nitrogens with zero attached hydrogens (tertiary/aromatic N) is 5. The van der Waals surface area contributed by atoms with Crippen molar-refractivity contribution in [3.63, 3.8) is 0 Å². The second kappa shape index (κ2) is 7.93. The molecule has 9 nitrogen and oxygen atoms in total. The van der Waals surface area contributed by atoms with Crippen molar-refractivity contribution in [2.45, 2.75) is 45.8 Å². The predicted octanol–water partition coefficient (Wildman–Crippen LogP) is 3.08. The van der Waals surface area contributed by atoms with Crippen LogP contribution in [0.3, 0.4) is 0 Å². The summed E-state index contributed by atoms with van der Waals surface area (Å²) in [5, 5.41) is 15.2. The van der Waals surface area contributed by atoms with Gasteiger partial charge in [-0.25, -0.2) is 9.18 Å². The molecule has 10 heteroatoms. The summed E-state index contributed by atoms with van der Waals surface area (Å²) in [6.07, 6.45) is 0.591. The standard InChI is InChI=1S/C21H23FN6O3/c1-21(2,3)31-20(30)23-12-18-25-24-17-9-7-15(26-28(17)18)13-6-8-16(14(22)11-13)27-10-4-5-19(27)29/h6-9,11H,4-5,10,12H2,1-3H3,(H,23,30). The quantitative estimate of drug-likeness (QED) is 0.688. The van der Waals surface area contributed by atoms with Gasteiger partial charge >= 0.3 is 6.09 Å². The molecule has 0 atom stereocenters. The van der Waals surface area contributed by atoms with Crippen LogP contribution < -0.4 is 10.2 Å². The summed E-state index contributed by atoms with van der Waals surface area (Å²) in [5.41, 5.74) is 1.21. The van der Waals surface area contributed by atoms with Gasteiger partial charge in [0.2, 0.25) is 5.91 Å². The minimum absolute atomic E-state index is 0.0664. The lowest BCUT2D eigenvalue weighted by molar-refractivity contribution is -0.117. The van der Waals surface area contributed by atoms with E-state index in [0.717, 1.165) is 6.42 Å². The van der Waals surface area contributed by atoms with Crippen LogP contribution >= 0.6 is 0 Å². The van der Waals surface area contributed by atoms with E-state index in [9.17, 15) is 14.0 Å². The highest BCUT2D eigenvalue weighted by atomic mass is 19.1. The second-order valence-corrected chi connectivity index (χ2v) is 8.28. The molecule has 3 heterocycles. The van der Waals surface area contributed by atoms with Gasteiger partial charge in [0.05, 0.1) is 17.9 Å². The Balaban J connectivity index is 1.56. The van der Waals surface area contributed by atoms with E-state index < -0.39 is 17.5 Å². The molecule has 1 aromatic carbocycles. The number of hydrogen-bond acceptors (Lipinski definition) is 6. The summed E-state index contributed by atoms with van der Waals surface area (Å²) in [4.78, 5) is 25.3. The number of carbonyl (C=O) groups excluding carboxylic acids is 2. The molecule has 0 bridgehead atoms. The zero-order valence-corrected chi connectivity index (χ0v) is 17.6. The number of fused-ring (bicyclic) bond motifs is 1. The molecular weight excluding hydrogens is 403 g/mol. The number of aromatic nitrogens is 4. The van der Waals surface area contributed by atoms with Gasteiger partial charge in [-0.15, -0.1) is 10.2 Å². The Morgan fingerprint density at radius 2 is 2.03 bits per heavy atom. The van der Waals surface area contributed by atoms with Crippen LogP contribution in [0.25, 0.3) is 16.9 Å². The van der Waals surface area contributed by atoms with E-state index in [4.69, 9.17) is 4.74 Å². The van der Waals surface area contributed by atoms with Crippen molar-refractivity contribution < 1.29 is 18.7 Å². The lowest BCUT2D eigenvalue weighted by Gasteiger charge is -2.19. The number of halogens is 1. The Bertz CT molecular complexity index is 1150. The first-order chi connectivity index (χ1) is 14.7. The summed E-state index contributed by atoms with van der Waals surface area (Å²) in [6, 6.07) is 8.10. The summed E-state index contributed by atoms with van der Waals surface area (Å²) in [7, 11) is 0. The van der Waals surface area contributed by atoms with E-state index in [0.29, 0.717) is 35.7 Å². The fourth-order valence-electron chi connectivity index (χ4n) is 3.35. The molecule has 0 radical (unpaired) electrons. The minimum Gasteiger partial charge on any atom is -0.444 e. The summed E-state index contributed by atoms with van der Waals surface area (Å²) in [5.74, 6) is -0.148. The van der Waals surface area contributed by atoms with E-state index in [2.05, 4.69) is 20.6 Å². The number of benzene rings is 1. The predicted molar refractivity (Wildman–Crippen MR) is 111 cm³/mol. The Morgan fingerprint density at radius 1 is 1.23 bits per heavy atom. The maximum atomic E-state index is 14.7. The van der Waals surface area contributed by atoms with Crippen LogP contribution in [0.1, 0.15) is 39.4 Å².